The number of rotatable bonds is 4. The highest BCUT2D eigenvalue weighted by Crippen LogP contribution is 2.27. The SMILES string of the molecule is FC(F)(F)Oc1ccccc1-[n+]1ccc(C2=CCN(c3ccccc3)C=C2)cc1. The second kappa shape index (κ2) is 7.83. The van der Waals surface area contributed by atoms with Gasteiger partial charge in [0.25, 0.3) is 5.69 Å². The molecular formula is C23H18F3N2O+. The van der Waals surface area contributed by atoms with Crippen LogP contribution in [-0.4, -0.2) is 12.9 Å². The Bertz CT molecular complexity index is 1040. The van der Waals surface area contributed by atoms with E-state index in [1.54, 1.807) is 29.1 Å². The van der Waals surface area contributed by atoms with Gasteiger partial charge in [0.1, 0.15) is 0 Å². The molecule has 0 unspecified atom stereocenters. The van der Waals surface area contributed by atoms with Crippen molar-refractivity contribution in [2.45, 2.75) is 6.36 Å². The van der Waals surface area contributed by atoms with E-state index in [1.165, 1.54) is 12.1 Å². The van der Waals surface area contributed by atoms with Crippen molar-refractivity contribution in [3.63, 3.8) is 0 Å². The number of allylic oxidation sites excluding steroid dienone is 2. The van der Waals surface area contributed by atoms with Gasteiger partial charge < -0.3 is 9.64 Å². The number of aromatic nitrogens is 1. The van der Waals surface area contributed by atoms with Crippen molar-refractivity contribution < 1.29 is 22.5 Å². The van der Waals surface area contributed by atoms with Gasteiger partial charge in [-0.05, 0) is 35.4 Å². The van der Waals surface area contributed by atoms with Gasteiger partial charge in [-0.25, -0.2) is 0 Å². The van der Waals surface area contributed by atoms with Crippen LogP contribution >= 0.6 is 0 Å². The molecule has 0 saturated carbocycles. The number of para-hydroxylation sites is 3. The van der Waals surface area contributed by atoms with E-state index in [4.69, 9.17) is 0 Å². The molecule has 29 heavy (non-hydrogen) atoms. The number of halogens is 3. The van der Waals surface area contributed by atoms with Crippen LogP contribution in [0, 0.1) is 0 Å². The van der Waals surface area contributed by atoms with Gasteiger partial charge >= 0.3 is 6.36 Å². The predicted octanol–water partition coefficient (Wildman–Crippen LogP) is 5.28. The largest absolute Gasteiger partial charge is 0.573 e. The molecule has 1 aromatic heterocycles. The summed E-state index contributed by atoms with van der Waals surface area (Å²) in [5.74, 6) is -0.243. The fraction of sp³-hybridized carbons (Fsp3) is 0.0870. The van der Waals surface area contributed by atoms with Crippen molar-refractivity contribution in [3.8, 4) is 11.4 Å². The Morgan fingerprint density at radius 3 is 2.21 bits per heavy atom. The van der Waals surface area contributed by atoms with Gasteiger partial charge in [-0.1, -0.05) is 36.4 Å². The smallest absolute Gasteiger partial charge is 0.399 e. The molecule has 3 aromatic rings. The maximum atomic E-state index is 12.6. The first kappa shape index (κ1) is 18.8. The Kier molecular flexibility index (Phi) is 5.08. The maximum absolute atomic E-state index is 12.6. The molecule has 0 atom stereocenters. The van der Waals surface area contributed by atoms with E-state index in [1.807, 2.05) is 42.6 Å². The van der Waals surface area contributed by atoms with Crippen LogP contribution < -0.4 is 14.2 Å². The molecule has 146 valence electrons. The zero-order valence-electron chi connectivity index (χ0n) is 15.4. The molecular weight excluding hydrogens is 377 g/mol. The van der Waals surface area contributed by atoms with E-state index in [9.17, 15) is 13.2 Å². The normalized spacial score (nSPS) is 13.9. The minimum atomic E-state index is -4.74. The van der Waals surface area contributed by atoms with Crippen LogP contribution in [0.3, 0.4) is 0 Å². The Hall–Kier alpha value is -3.54. The number of alkyl halides is 3. The van der Waals surface area contributed by atoms with E-state index >= 15 is 0 Å². The highest BCUT2D eigenvalue weighted by atomic mass is 19.4. The van der Waals surface area contributed by atoms with Gasteiger partial charge in [-0.2, -0.15) is 4.57 Å². The minimum Gasteiger partial charge on any atom is -0.399 e. The van der Waals surface area contributed by atoms with Gasteiger partial charge in [0.15, 0.2) is 12.4 Å². The molecule has 2 aromatic carbocycles. The quantitative estimate of drug-likeness (QED) is 0.559. The summed E-state index contributed by atoms with van der Waals surface area (Å²) in [6.45, 7) is 0.743. The molecule has 0 amide bonds. The number of benzene rings is 2. The standard InChI is InChI=1S/C23H18F3N2O/c24-23(25,26)29-22-9-5-4-8-21(22)28-16-12-19(13-17-28)18-10-14-27(15-11-18)20-6-2-1-3-7-20/h1-14,16-17H,15H2/q+1. The van der Waals surface area contributed by atoms with E-state index < -0.39 is 6.36 Å². The summed E-state index contributed by atoms with van der Waals surface area (Å²) in [6, 6.07) is 19.9. The van der Waals surface area contributed by atoms with Crippen LogP contribution in [0.25, 0.3) is 11.3 Å². The van der Waals surface area contributed by atoms with Crippen LogP contribution in [0.5, 0.6) is 5.75 Å². The van der Waals surface area contributed by atoms with Crippen molar-refractivity contribution >= 4 is 11.3 Å². The second-order valence-corrected chi connectivity index (χ2v) is 6.47. The first-order valence-corrected chi connectivity index (χ1v) is 9.06. The van der Waals surface area contributed by atoms with Crippen molar-refractivity contribution in [1.29, 1.82) is 0 Å². The molecule has 3 nitrogen and oxygen atoms in total. The number of hydrogen-bond acceptors (Lipinski definition) is 2. The predicted molar refractivity (Wildman–Crippen MR) is 106 cm³/mol. The lowest BCUT2D eigenvalue weighted by Gasteiger charge is -2.22. The van der Waals surface area contributed by atoms with Crippen molar-refractivity contribution in [1.82, 2.24) is 0 Å². The lowest BCUT2D eigenvalue weighted by Crippen LogP contribution is -2.31. The molecule has 0 saturated heterocycles. The average Bonchev–Trinajstić information content (AvgIpc) is 2.74. The summed E-state index contributed by atoms with van der Waals surface area (Å²) in [5.41, 5.74) is 3.48. The molecule has 0 fully saturated rings. The van der Waals surface area contributed by atoms with Gasteiger partial charge in [-0.3, -0.25) is 0 Å². The van der Waals surface area contributed by atoms with Crippen molar-refractivity contribution in [2.75, 3.05) is 11.4 Å². The lowest BCUT2D eigenvalue weighted by molar-refractivity contribution is -0.596. The molecule has 0 spiro atoms. The fourth-order valence-electron chi connectivity index (χ4n) is 3.18. The Morgan fingerprint density at radius 1 is 0.862 bits per heavy atom. The highest BCUT2D eigenvalue weighted by Gasteiger charge is 2.33. The second-order valence-electron chi connectivity index (χ2n) is 6.47. The van der Waals surface area contributed by atoms with Crippen LogP contribution in [0.15, 0.2) is 97.5 Å². The number of nitrogens with zero attached hydrogens (tertiary/aromatic N) is 2. The van der Waals surface area contributed by atoms with Gasteiger partial charge in [0.2, 0.25) is 5.75 Å². The molecule has 2 heterocycles. The average molecular weight is 395 g/mol. The zero-order valence-corrected chi connectivity index (χ0v) is 15.4. The third kappa shape index (κ3) is 4.48. The van der Waals surface area contributed by atoms with Gasteiger partial charge in [0.05, 0.1) is 0 Å². The summed E-state index contributed by atoms with van der Waals surface area (Å²) in [7, 11) is 0. The molecule has 4 rings (SSSR count). The zero-order chi connectivity index (χ0) is 20.3. The van der Waals surface area contributed by atoms with Gasteiger partial charge in [-0.15, -0.1) is 13.2 Å². The number of ether oxygens (including phenoxy) is 1. The summed E-state index contributed by atoms with van der Waals surface area (Å²) in [6.07, 6.45) is 4.89. The molecule has 6 heteroatoms. The summed E-state index contributed by atoms with van der Waals surface area (Å²) in [5, 5.41) is 0. The van der Waals surface area contributed by atoms with E-state index in [2.05, 4.69) is 27.8 Å². The van der Waals surface area contributed by atoms with E-state index in [-0.39, 0.29) is 5.75 Å². The van der Waals surface area contributed by atoms with Crippen LogP contribution in [0.4, 0.5) is 18.9 Å². The third-order valence-corrected chi connectivity index (χ3v) is 4.56. The fourth-order valence-corrected chi connectivity index (χ4v) is 3.18. The molecule has 0 radical (unpaired) electrons. The number of hydrogen-bond donors (Lipinski definition) is 0. The highest BCUT2D eigenvalue weighted by molar-refractivity contribution is 5.76. The molecule has 1 aliphatic rings. The Labute approximate surface area is 166 Å². The van der Waals surface area contributed by atoms with Crippen LogP contribution in [0.1, 0.15) is 5.56 Å². The van der Waals surface area contributed by atoms with E-state index in [0.717, 1.165) is 23.4 Å². The topological polar surface area (TPSA) is 16.4 Å². The third-order valence-electron chi connectivity index (χ3n) is 4.56. The van der Waals surface area contributed by atoms with E-state index in [0.29, 0.717) is 5.69 Å². The number of anilines is 1. The van der Waals surface area contributed by atoms with Crippen molar-refractivity contribution in [2.24, 2.45) is 0 Å². The Balaban J connectivity index is 1.53. The monoisotopic (exact) mass is 395 g/mol. The minimum absolute atomic E-state index is 0.243. The van der Waals surface area contributed by atoms with Crippen LogP contribution in [0.2, 0.25) is 0 Å². The Morgan fingerprint density at radius 2 is 1.55 bits per heavy atom. The molecule has 0 N–H and O–H groups in total. The molecule has 0 aliphatic carbocycles. The summed E-state index contributed by atoms with van der Waals surface area (Å²) >= 11 is 0. The van der Waals surface area contributed by atoms with Crippen LogP contribution in [-0.2, 0) is 0 Å². The summed E-state index contributed by atoms with van der Waals surface area (Å²) in [4.78, 5) is 2.14. The molecule has 0 bridgehead atoms. The maximum Gasteiger partial charge on any atom is 0.573 e. The first-order chi connectivity index (χ1) is 14.0. The van der Waals surface area contributed by atoms with Gasteiger partial charge in [0, 0.05) is 36.6 Å². The molecule has 1 aliphatic heterocycles. The summed E-state index contributed by atoms with van der Waals surface area (Å²) < 4.78 is 43.7. The van der Waals surface area contributed by atoms with Crippen molar-refractivity contribution in [3.05, 3.63) is 103 Å². The lowest BCUT2D eigenvalue weighted by atomic mass is 10.0. The number of pyridine rings is 1. The first-order valence-electron chi connectivity index (χ1n) is 9.06.